The number of benzene rings is 2. The van der Waals surface area contributed by atoms with Gasteiger partial charge in [-0.3, -0.25) is 4.90 Å². The van der Waals surface area contributed by atoms with Crippen LogP contribution in [-0.2, 0) is 13.1 Å². The first kappa shape index (κ1) is 16.2. The second kappa shape index (κ2) is 8.32. The van der Waals surface area contributed by atoms with Gasteiger partial charge in [-0.15, -0.1) is 0 Å². The number of nitrogens with zero attached hydrogens (tertiary/aromatic N) is 2. The molecule has 0 saturated heterocycles. The van der Waals surface area contributed by atoms with E-state index in [2.05, 4.69) is 94.4 Å². The molecule has 0 aliphatic carbocycles. The molecule has 0 aliphatic heterocycles. The van der Waals surface area contributed by atoms with E-state index < -0.39 is 0 Å². The van der Waals surface area contributed by atoms with Crippen molar-refractivity contribution in [2.24, 2.45) is 0 Å². The number of rotatable bonds is 7. The fourth-order valence-electron chi connectivity index (χ4n) is 2.29. The van der Waals surface area contributed by atoms with Crippen LogP contribution in [0.5, 0.6) is 0 Å². The molecule has 0 saturated carbocycles. The summed E-state index contributed by atoms with van der Waals surface area (Å²) in [6, 6.07) is 19.3. The Kier molecular flexibility index (Phi) is 6.43. The summed E-state index contributed by atoms with van der Waals surface area (Å²) in [7, 11) is 4.25. The molecule has 0 aromatic heterocycles. The van der Waals surface area contributed by atoms with Crippen LogP contribution in [0.15, 0.2) is 59.1 Å². The number of likely N-dealkylation sites (N-methyl/N-ethyl adjacent to an activating group) is 1. The predicted octanol–water partition coefficient (Wildman–Crippen LogP) is 4.01. The summed E-state index contributed by atoms with van der Waals surface area (Å²) in [5, 5.41) is 0. The summed E-state index contributed by atoms with van der Waals surface area (Å²) >= 11 is 3.55. The predicted molar refractivity (Wildman–Crippen MR) is 93.3 cm³/mol. The zero-order valence-electron chi connectivity index (χ0n) is 12.8. The van der Waals surface area contributed by atoms with E-state index in [9.17, 15) is 0 Å². The molecule has 2 nitrogen and oxygen atoms in total. The average Bonchev–Trinajstić information content (AvgIpc) is 2.46. The molecule has 0 amide bonds. The van der Waals surface area contributed by atoms with Crippen molar-refractivity contribution in [1.29, 1.82) is 0 Å². The second-order valence-electron chi connectivity index (χ2n) is 5.63. The Morgan fingerprint density at radius 2 is 1.48 bits per heavy atom. The maximum Gasteiger partial charge on any atom is 0.0238 e. The van der Waals surface area contributed by atoms with E-state index in [1.54, 1.807) is 0 Å². The molecular formula is C18H23BrN2. The smallest absolute Gasteiger partial charge is 0.0238 e. The van der Waals surface area contributed by atoms with Crippen LogP contribution < -0.4 is 0 Å². The summed E-state index contributed by atoms with van der Waals surface area (Å²) in [6.07, 6.45) is 0. The first-order chi connectivity index (χ1) is 10.1. The van der Waals surface area contributed by atoms with Gasteiger partial charge in [0.15, 0.2) is 0 Å². The van der Waals surface area contributed by atoms with Gasteiger partial charge in [0.25, 0.3) is 0 Å². The van der Waals surface area contributed by atoms with Gasteiger partial charge in [-0.1, -0.05) is 58.4 Å². The van der Waals surface area contributed by atoms with Crippen LogP contribution in [0.2, 0.25) is 0 Å². The SMILES string of the molecule is CN(C)CCN(Cc1ccccc1)Cc1cccc(Br)c1. The van der Waals surface area contributed by atoms with Crippen molar-refractivity contribution in [3.8, 4) is 0 Å². The Bertz CT molecular complexity index is 540. The number of hydrogen-bond donors (Lipinski definition) is 0. The van der Waals surface area contributed by atoms with E-state index in [1.807, 2.05) is 0 Å². The van der Waals surface area contributed by atoms with E-state index in [0.29, 0.717) is 0 Å². The Labute approximate surface area is 136 Å². The topological polar surface area (TPSA) is 6.48 Å². The highest BCUT2D eigenvalue weighted by molar-refractivity contribution is 9.10. The van der Waals surface area contributed by atoms with Crippen molar-refractivity contribution < 1.29 is 0 Å². The van der Waals surface area contributed by atoms with Crippen molar-refractivity contribution in [2.45, 2.75) is 13.1 Å². The van der Waals surface area contributed by atoms with Gasteiger partial charge < -0.3 is 4.90 Å². The number of halogens is 1. The van der Waals surface area contributed by atoms with E-state index in [4.69, 9.17) is 0 Å². The minimum Gasteiger partial charge on any atom is -0.308 e. The molecule has 0 fully saturated rings. The highest BCUT2D eigenvalue weighted by atomic mass is 79.9. The lowest BCUT2D eigenvalue weighted by atomic mass is 10.1. The second-order valence-corrected chi connectivity index (χ2v) is 6.55. The first-order valence-electron chi connectivity index (χ1n) is 7.29. The molecule has 112 valence electrons. The van der Waals surface area contributed by atoms with Gasteiger partial charge in [-0.25, -0.2) is 0 Å². The van der Waals surface area contributed by atoms with Crippen LogP contribution in [0.4, 0.5) is 0 Å². The summed E-state index contributed by atoms with van der Waals surface area (Å²) in [4.78, 5) is 4.73. The van der Waals surface area contributed by atoms with Crippen LogP contribution >= 0.6 is 15.9 Å². The largest absolute Gasteiger partial charge is 0.308 e. The van der Waals surface area contributed by atoms with Crippen molar-refractivity contribution in [3.63, 3.8) is 0 Å². The third kappa shape index (κ3) is 6.00. The molecule has 0 radical (unpaired) electrons. The Balaban J connectivity index is 2.04. The molecule has 0 unspecified atom stereocenters. The molecule has 2 aromatic carbocycles. The molecule has 21 heavy (non-hydrogen) atoms. The highest BCUT2D eigenvalue weighted by Gasteiger charge is 2.08. The third-order valence-electron chi connectivity index (χ3n) is 3.41. The standard InChI is InChI=1S/C18H23BrN2/c1-20(2)11-12-21(14-16-7-4-3-5-8-16)15-17-9-6-10-18(19)13-17/h3-10,13H,11-12,14-15H2,1-2H3. The average molecular weight is 347 g/mol. The summed E-state index contributed by atoms with van der Waals surface area (Å²) in [5.74, 6) is 0. The van der Waals surface area contributed by atoms with Gasteiger partial charge in [0.1, 0.15) is 0 Å². The van der Waals surface area contributed by atoms with Gasteiger partial charge in [-0.05, 0) is 37.4 Å². The van der Waals surface area contributed by atoms with Gasteiger partial charge in [0.05, 0.1) is 0 Å². The highest BCUT2D eigenvalue weighted by Crippen LogP contribution is 2.15. The van der Waals surface area contributed by atoms with Crippen LogP contribution in [0.3, 0.4) is 0 Å². The van der Waals surface area contributed by atoms with Crippen molar-refractivity contribution >= 4 is 15.9 Å². The summed E-state index contributed by atoms with van der Waals surface area (Å²) in [6.45, 7) is 4.10. The molecule has 0 heterocycles. The first-order valence-corrected chi connectivity index (χ1v) is 8.08. The lowest BCUT2D eigenvalue weighted by Crippen LogP contribution is -2.31. The molecule has 3 heteroatoms. The van der Waals surface area contributed by atoms with E-state index in [0.717, 1.165) is 30.7 Å². The van der Waals surface area contributed by atoms with Gasteiger partial charge in [0, 0.05) is 30.7 Å². The molecule has 2 aromatic rings. The number of hydrogen-bond acceptors (Lipinski definition) is 2. The zero-order valence-corrected chi connectivity index (χ0v) is 14.4. The van der Waals surface area contributed by atoms with Crippen LogP contribution in [0.25, 0.3) is 0 Å². The molecule has 0 spiro atoms. The van der Waals surface area contributed by atoms with Gasteiger partial charge >= 0.3 is 0 Å². The van der Waals surface area contributed by atoms with Crippen LogP contribution in [0.1, 0.15) is 11.1 Å². The van der Waals surface area contributed by atoms with E-state index >= 15 is 0 Å². The molecule has 0 N–H and O–H groups in total. The monoisotopic (exact) mass is 346 g/mol. The molecular weight excluding hydrogens is 324 g/mol. The quantitative estimate of drug-likeness (QED) is 0.747. The van der Waals surface area contributed by atoms with Crippen LogP contribution in [0, 0.1) is 0 Å². The van der Waals surface area contributed by atoms with E-state index in [-0.39, 0.29) is 0 Å². The molecule has 0 bridgehead atoms. The van der Waals surface area contributed by atoms with E-state index in [1.165, 1.54) is 11.1 Å². The Morgan fingerprint density at radius 3 is 2.14 bits per heavy atom. The minimum absolute atomic E-state index is 0.974. The summed E-state index contributed by atoms with van der Waals surface area (Å²) in [5.41, 5.74) is 2.71. The Morgan fingerprint density at radius 1 is 0.810 bits per heavy atom. The van der Waals surface area contributed by atoms with Crippen molar-refractivity contribution in [1.82, 2.24) is 9.80 Å². The van der Waals surface area contributed by atoms with Gasteiger partial charge in [-0.2, -0.15) is 0 Å². The van der Waals surface area contributed by atoms with Gasteiger partial charge in [0.2, 0.25) is 0 Å². The third-order valence-corrected chi connectivity index (χ3v) is 3.90. The lowest BCUT2D eigenvalue weighted by molar-refractivity contribution is 0.226. The maximum atomic E-state index is 3.55. The molecule has 2 rings (SSSR count). The fourth-order valence-corrected chi connectivity index (χ4v) is 2.74. The van der Waals surface area contributed by atoms with Crippen molar-refractivity contribution in [2.75, 3.05) is 27.2 Å². The normalized spacial score (nSPS) is 11.3. The molecule has 0 aliphatic rings. The summed E-state index contributed by atoms with van der Waals surface area (Å²) < 4.78 is 1.15. The fraction of sp³-hybridized carbons (Fsp3) is 0.333. The lowest BCUT2D eigenvalue weighted by Gasteiger charge is -2.24. The maximum absolute atomic E-state index is 3.55. The minimum atomic E-state index is 0.974. The Hall–Kier alpha value is -1.16. The van der Waals surface area contributed by atoms with Crippen LogP contribution in [-0.4, -0.2) is 37.0 Å². The van der Waals surface area contributed by atoms with Crippen molar-refractivity contribution in [3.05, 3.63) is 70.2 Å². The zero-order chi connectivity index (χ0) is 15.1. The molecule has 0 atom stereocenters.